The van der Waals surface area contributed by atoms with Crippen molar-refractivity contribution >= 4 is 23.4 Å². The van der Waals surface area contributed by atoms with Gasteiger partial charge in [-0.05, 0) is 44.5 Å². The van der Waals surface area contributed by atoms with E-state index in [0.717, 1.165) is 42.3 Å². The lowest BCUT2D eigenvalue weighted by Crippen LogP contribution is -2.46. The fraction of sp³-hybridized carbons (Fsp3) is 0.588. The van der Waals surface area contributed by atoms with Crippen LogP contribution < -0.4 is 4.90 Å². The maximum Gasteiger partial charge on any atom is 0.254 e. The van der Waals surface area contributed by atoms with Crippen LogP contribution in [0, 0.1) is 0 Å². The van der Waals surface area contributed by atoms with E-state index in [4.69, 9.17) is 0 Å². The van der Waals surface area contributed by atoms with Gasteiger partial charge in [0.05, 0.1) is 6.04 Å². The van der Waals surface area contributed by atoms with Gasteiger partial charge >= 0.3 is 0 Å². The fourth-order valence-electron chi connectivity index (χ4n) is 2.75. The monoisotopic (exact) mass is 321 g/mol. The summed E-state index contributed by atoms with van der Waals surface area (Å²) in [5, 5.41) is 0. The van der Waals surface area contributed by atoms with Crippen LogP contribution >= 0.6 is 11.8 Å². The summed E-state index contributed by atoms with van der Waals surface area (Å²) in [6.07, 6.45) is 1.08. The molecule has 1 unspecified atom stereocenters. The van der Waals surface area contributed by atoms with Crippen LogP contribution in [0.5, 0.6) is 0 Å². The number of likely N-dealkylation sites (N-methyl/N-ethyl adjacent to an activating group) is 1. The Kier molecular flexibility index (Phi) is 6.15. The molecule has 0 aliphatic carbocycles. The van der Waals surface area contributed by atoms with Crippen molar-refractivity contribution in [2.45, 2.75) is 12.5 Å². The van der Waals surface area contributed by atoms with E-state index in [1.807, 2.05) is 55.0 Å². The average molecular weight is 321 g/mol. The first-order chi connectivity index (χ1) is 10.5. The highest BCUT2D eigenvalue weighted by molar-refractivity contribution is 7.99. The van der Waals surface area contributed by atoms with Gasteiger partial charge in [0.25, 0.3) is 5.91 Å². The molecule has 1 heterocycles. The third-order valence-electron chi connectivity index (χ3n) is 3.88. The first-order valence-electron chi connectivity index (χ1n) is 7.80. The number of benzene rings is 1. The SMILES string of the molecule is CN(C)CC1CSCCCN1C(=O)c1cccc(N(C)C)c1. The zero-order chi connectivity index (χ0) is 16.1. The minimum absolute atomic E-state index is 0.165. The molecule has 0 radical (unpaired) electrons. The van der Waals surface area contributed by atoms with Gasteiger partial charge < -0.3 is 14.7 Å². The molecule has 0 saturated carbocycles. The summed E-state index contributed by atoms with van der Waals surface area (Å²) >= 11 is 1.96. The maximum atomic E-state index is 13.0. The van der Waals surface area contributed by atoms with E-state index in [1.165, 1.54) is 0 Å². The molecule has 0 bridgehead atoms. The molecule has 1 aromatic carbocycles. The fourth-order valence-corrected chi connectivity index (χ4v) is 3.81. The highest BCUT2D eigenvalue weighted by Crippen LogP contribution is 2.21. The molecule has 0 spiro atoms. The highest BCUT2D eigenvalue weighted by atomic mass is 32.2. The molecular formula is C17H27N3OS. The Bertz CT molecular complexity index is 504. The number of thioether (sulfide) groups is 1. The number of amides is 1. The molecule has 1 aliphatic heterocycles. The van der Waals surface area contributed by atoms with E-state index < -0.39 is 0 Å². The second-order valence-corrected chi connectivity index (χ2v) is 7.44. The molecule has 1 fully saturated rings. The van der Waals surface area contributed by atoms with Crippen molar-refractivity contribution in [1.82, 2.24) is 9.80 Å². The van der Waals surface area contributed by atoms with Crippen molar-refractivity contribution in [3.8, 4) is 0 Å². The predicted molar refractivity (Wildman–Crippen MR) is 96.1 cm³/mol. The summed E-state index contributed by atoms with van der Waals surface area (Å²) in [6.45, 7) is 1.78. The first-order valence-corrected chi connectivity index (χ1v) is 8.95. The van der Waals surface area contributed by atoms with Crippen LogP contribution in [0.3, 0.4) is 0 Å². The van der Waals surface area contributed by atoms with Crippen LogP contribution in [-0.4, -0.2) is 74.5 Å². The molecule has 1 aromatic rings. The Morgan fingerprint density at radius 3 is 2.77 bits per heavy atom. The van der Waals surface area contributed by atoms with Gasteiger partial charge in [-0.15, -0.1) is 0 Å². The molecule has 1 saturated heterocycles. The second kappa shape index (κ2) is 7.88. The smallest absolute Gasteiger partial charge is 0.254 e. The lowest BCUT2D eigenvalue weighted by molar-refractivity contribution is 0.0675. The quantitative estimate of drug-likeness (QED) is 0.850. The zero-order valence-electron chi connectivity index (χ0n) is 14.1. The summed E-state index contributed by atoms with van der Waals surface area (Å²) < 4.78 is 0. The van der Waals surface area contributed by atoms with Crippen LogP contribution in [0.1, 0.15) is 16.8 Å². The Balaban J connectivity index is 2.22. The summed E-state index contributed by atoms with van der Waals surface area (Å²) in [6, 6.07) is 8.22. The Morgan fingerprint density at radius 2 is 2.09 bits per heavy atom. The molecule has 1 aliphatic rings. The van der Waals surface area contributed by atoms with Crippen molar-refractivity contribution in [3.63, 3.8) is 0 Å². The first kappa shape index (κ1) is 17.2. The summed E-state index contributed by atoms with van der Waals surface area (Å²) in [7, 11) is 8.15. The summed E-state index contributed by atoms with van der Waals surface area (Å²) in [5.74, 6) is 2.33. The maximum absolute atomic E-state index is 13.0. The van der Waals surface area contributed by atoms with Crippen LogP contribution in [0.2, 0.25) is 0 Å². The van der Waals surface area contributed by atoms with Gasteiger partial charge in [-0.3, -0.25) is 4.79 Å². The van der Waals surface area contributed by atoms with Gasteiger partial charge in [0.1, 0.15) is 0 Å². The van der Waals surface area contributed by atoms with Crippen molar-refractivity contribution in [1.29, 1.82) is 0 Å². The Morgan fingerprint density at radius 1 is 1.32 bits per heavy atom. The van der Waals surface area contributed by atoms with Crippen LogP contribution in [0.4, 0.5) is 5.69 Å². The lowest BCUT2D eigenvalue weighted by Gasteiger charge is -2.32. The number of anilines is 1. The molecule has 1 amide bonds. The van der Waals surface area contributed by atoms with Crippen LogP contribution in [0.15, 0.2) is 24.3 Å². The molecule has 22 heavy (non-hydrogen) atoms. The highest BCUT2D eigenvalue weighted by Gasteiger charge is 2.27. The number of rotatable bonds is 4. The molecule has 1 atom stereocenters. The Hall–Kier alpha value is -1.20. The van der Waals surface area contributed by atoms with Gasteiger partial charge in [-0.25, -0.2) is 0 Å². The number of hydrogen-bond acceptors (Lipinski definition) is 4. The number of hydrogen-bond donors (Lipinski definition) is 0. The average Bonchev–Trinajstić information content (AvgIpc) is 2.71. The number of nitrogens with zero attached hydrogens (tertiary/aromatic N) is 3. The van der Waals surface area contributed by atoms with E-state index >= 15 is 0 Å². The summed E-state index contributed by atoms with van der Waals surface area (Å²) in [4.78, 5) is 19.3. The topological polar surface area (TPSA) is 26.8 Å². The third-order valence-corrected chi connectivity index (χ3v) is 5.08. The lowest BCUT2D eigenvalue weighted by atomic mass is 10.1. The van der Waals surface area contributed by atoms with Gasteiger partial charge in [-0.1, -0.05) is 6.07 Å². The van der Waals surface area contributed by atoms with E-state index in [1.54, 1.807) is 0 Å². The van der Waals surface area contributed by atoms with E-state index in [9.17, 15) is 4.79 Å². The van der Waals surface area contributed by atoms with Crippen molar-refractivity contribution in [2.75, 3.05) is 57.7 Å². The van der Waals surface area contributed by atoms with Gasteiger partial charge in [0.2, 0.25) is 0 Å². The summed E-state index contributed by atoms with van der Waals surface area (Å²) in [5.41, 5.74) is 1.86. The largest absolute Gasteiger partial charge is 0.378 e. The molecule has 5 heteroatoms. The van der Waals surface area contributed by atoms with Gasteiger partial charge in [-0.2, -0.15) is 11.8 Å². The molecule has 122 valence electrons. The van der Waals surface area contributed by atoms with Crippen molar-refractivity contribution in [3.05, 3.63) is 29.8 Å². The van der Waals surface area contributed by atoms with Crippen molar-refractivity contribution in [2.24, 2.45) is 0 Å². The molecular weight excluding hydrogens is 294 g/mol. The van der Waals surface area contributed by atoms with Crippen molar-refractivity contribution < 1.29 is 4.79 Å². The standard InChI is InChI=1S/C17H27N3OS/c1-18(2)12-16-13-22-10-6-9-20(16)17(21)14-7-5-8-15(11-14)19(3)4/h5,7-8,11,16H,6,9-10,12-13H2,1-4H3. The Labute approximate surface area is 138 Å². The normalized spacial score (nSPS) is 19.1. The van der Waals surface area contributed by atoms with Crippen LogP contribution in [-0.2, 0) is 0 Å². The predicted octanol–water partition coefficient (Wildman–Crippen LogP) is 2.26. The van der Waals surface area contributed by atoms with E-state index in [2.05, 4.69) is 23.9 Å². The minimum atomic E-state index is 0.165. The molecule has 0 aromatic heterocycles. The van der Waals surface area contributed by atoms with E-state index in [-0.39, 0.29) is 11.9 Å². The third kappa shape index (κ3) is 4.40. The van der Waals surface area contributed by atoms with Crippen LogP contribution in [0.25, 0.3) is 0 Å². The van der Waals surface area contributed by atoms with E-state index in [0.29, 0.717) is 0 Å². The second-order valence-electron chi connectivity index (χ2n) is 6.29. The van der Waals surface area contributed by atoms with Gasteiger partial charge in [0.15, 0.2) is 0 Å². The molecule has 4 nitrogen and oxygen atoms in total. The molecule has 0 N–H and O–H groups in total. The number of carbonyl (C=O) groups excluding carboxylic acids is 1. The number of carbonyl (C=O) groups is 1. The molecule has 2 rings (SSSR count). The zero-order valence-corrected chi connectivity index (χ0v) is 14.9. The van der Waals surface area contributed by atoms with Gasteiger partial charge in [0, 0.05) is 44.2 Å². The minimum Gasteiger partial charge on any atom is -0.378 e.